The van der Waals surface area contributed by atoms with E-state index >= 15 is 0 Å². The predicted molar refractivity (Wildman–Crippen MR) is 106 cm³/mol. The average Bonchev–Trinajstić information content (AvgIpc) is 3.25. The highest BCUT2D eigenvalue weighted by Crippen LogP contribution is 2.27. The molecule has 0 radical (unpaired) electrons. The van der Waals surface area contributed by atoms with Crippen molar-refractivity contribution in [3.63, 3.8) is 0 Å². The van der Waals surface area contributed by atoms with Crippen molar-refractivity contribution in [2.24, 2.45) is 0 Å². The van der Waals surface area contributed by atoms with E-state index in [9.17, 15) is 4.79 Å². The van der Waals surface area contributed by atoms with E-state index in [0.717, 1.165) is 51.5 Å². The molecule has 6 heteroatoms. The Morgan fingerprint density at radius 1 is 1.32 bits per heavy atom. The van der Waals surface area contributed by atoms with Gasteiger partial charge in [-0.15, -0.1) is 11.3 Å². The monoisotopic (exact) mass is 415 g/mol. The summed E-state index contributed by atoms with van der Waals surface area (Å²) in [6.07, 6.45) is 5.64. The van der Waals surface area contributed by atoms with Crippen molar-refractivity contribution >= 4 is 50.3 Å². The van der Waals surface area contributed by atoms with Gasteiger partial charge in [-0.05, 0) is 59.1 Å². The largest absolute Gasteiger partial charge is 0.342 e. The van der Waals surface area contributed by atoms with Crippen LogP contribution >= 0.6 is 27.3 Å². The van der Waals surface area contributed by atoms with Crippen LogP contribution in [-0.2, 0) is 4.79 Å². The summed E-state index contributed by atoms with van der Waals surface area (Å²) < 4.78 is 1.07. The zero-order valence-corrected chi connectivity index (χ0v) is 16.0. The van der Waals surface area contributed by atoms with E-state index in [2.05, 4.69) is 20.9 Å². The van der Waals surface area contributed by atoms with Gasteiger partial charge in [-0.2, -0.15) is 0 Å². The topological polar surface area (TPSA) is 49.0 Å². The molecule has 3 aromatic rings. The molecule has 0 saturated carbocycles. The first-order chi connectivity index (χ1) is 12.2. The molecule has 3 heterocycles. The van der Waals surface area contributed by atoms with Crippen molar-refractivity contribution in [2.75, 3.05) is 13.1 Å². The molecule has 1 saturated heterocycles. The molecule has 128 valence electrons. The molecule has 1 amide bonds. The lowest BCUT2D eigenvalue weighted by Crippen LogP contribution is -2.38. The molecule has 25 heavy (non-hydrogen) atoms. The number of piperidine rings is 1. The third-order valence-electron chi connectivity index (χ3n) is 4.51. The number of amides is 1. The maximum atomic E-state index is 12.5. The predicted octanol–water partition coefficient (Wildman–Crippen LogP) is 4.81. The first-order valence-electron chi connectivity index (χ1n) is 8.36. The lowest BCUT2D eigenvalue weighted by Gasteiger charge is -2.31. The van der Waals surface area contributed by atoms with Gasteiger partial charge in [-0.25, -0.2) is 4.98 Å². The molecule has 1 aliphatic rings. The Balaban J connectivity index is 1.46. The van der Waals surface area contributed by atoms with Crippen LogP contribution in [0.2, 0.25) is 0 Å². The number of aromatic nitrogens is 2. The lowest BCUT2D eigenvalue weighted by molar-refractivity contribution is -0.127. The third kappa shape index (κ3) is 3.70. The highest BCUT2D eigenvalue weighted by Gasteiger charge is 2.25. The molecule has 0 aliphatic carbocycles. The van der Waals surface area contributed by atoms with Crippen molar-refractivity contribution in [2.45, 2.75) is 18.8 Å². The Hall–Kier alpha value is -1.92. The average molecular weight is 416 g/mol. The maximum absolute atomic E-state index is 12.5. The van der Waals surface area contributed by atoms with Gasteiger partial charge in [0.2, 0.25) is 5.91 Å². The minimum absolute atomic E-state index is 0.0744. The van der Waals surface area contributed by atoms with E-state index in [-0.39, 0.29) is 11.8 Å². The number of rotatable bonds is 3. The number of H-pyrrole nitrogens is 1. The molecule has 0 spiro atoms. The molecule has 1 fully saturated rings. The van der Waals surface area contributed by atoms with Gasteiger partial charge in [0.15, 0.2) is 0 Å². The van der Waals surface area contributed by atoms with Gasteiger partial charge in [0.1, 0.15) is 5.82 Å². The van der Waals surface area contributed by atoms with E-state index < -0.39 is 0 Å². The van der Waals surface area contributed by atoms with Crippen molar-refractivity contribution < 1.29 is 4.79 Å². The van der Waals surface area contributed by atoms with E-state index in [1.54, 1.807) is 17.4 Å². The number of thiophene rings is 1. The van der Waals surface area contributed by atoms with Gasteiger partial charge >= 0.3 is 0 Å². The number of nitrogens with one attached hydrogen (secondary N) is 1. The number of para-hydroxylation sites is 2. The Morgan fingerprint density at radius 2 is 2.20 bits per heavy atom. The first-order valence-corrected chi connectivity index (χ1v) is 9.97. The summed E-state index contributed by atoms with van der Waals surface area (Å²) in [6.45, 7) is 1.53. The maximum Gasteiger partial charge on any atom is 0.246 e. The first kappa shape index (κ1) is 16.5. The van der Waals surface area contributed by atoms with Crippen LogP contribution in [0.25, 0.3) is 17.1 Å². The second-order valence-corrected chi connectivity index (χ2v) is 8.73. The van der Waals surface area contributed by atoms with Crippen LogP contribution in [0.4, 0.5) is 0 Å². The van der Waals surface area contributed by atoms with Gasteiger partial charge in [-0.1, -0.05) is 12.1 Å². The van der Waals surface area contributed by atoms with E-state index in [0.29, 0.717) is 0 Å². The van der Waals surface area contributed by atoms with Gasteiger partial charge in [-0.3, -0.25) is 4.79 Å². The van der Waals surface area contributed by atoms with E-state index in [1.807, 2.05) is 47.4 Å². The summed E-state index contributed by atoms with van der Waals surface area (Å²) in [5.41, 5.74) is 2.05. The number of imidazole rings is 1. The SMILES string of the molecule is O=C(/C=C/c1ccc(Br)s1)N1CCCC(c2nc3ccccc3[nH]2)C1. The minimum Gasteiger partial charge on any atom is -0.342 e. The van der Waals surface area contributed by atoms with Crippen molar-refractivity contribution in [3.8, 4) is 0 Å². The number of likely N-dealkylation sites (tertiary alicyclic amines) is 1. The molecular formula is C19H18BrN3OS. The summed E-state index contributed by atoms with van der Waals surface area (Å²) in [7, 11) is 0. The molecule has 4 nitrogen and oxygen atoms in total. The molecule has 1 aromatic carbocycles. The third-order valence-corrected chi connectivity index (χ3v) is 6.10. The highest BCUT2D eigenvalue weighted by molar-refractivity contribution is 9.11. The number of carbonyl (C=O) groups is 1. The number of aromatic amines is 1. The number of halogens is 1. The summed E-state index contributed by atoms with van der Waals surface area (Å²) in [5.74, 6) is 1.34. The Kier molecular flexibility index (Phi) is 4.72. The van der Waals surface area contributed by atoms with Crippen molar-refractivity contribution in [1.29, 1.82) is 0 Å². The van der Waals surface area contributed by atoms with Crippen LogP contribution in [0.5, 0.6) is 0 Å². The molecule has 1 N–H and O–H groups in total. The minimum atomic E-state index is 0.0744. The molecule has 0 bridgehead atoms. The fourth-order valence-corrected chi connectivity index (χ4v) is 4.57. The molecule has 1 aliphatic heterocycles. The number of hydrogen-bond donors (Lipinski definition) is 1. The highest BCUT2D eigenvalue weighted by atomic mass is 79.9. The summed E-state index contributed by atoms with van der Waals surface area (Å²) in [5, 5.41) is 0. The fourth-order valence-electron chi connectivity index (χ4n) is 3.24. The number of benzene rings is 1. The standard InChI is InChI=1S/C19H18BrN3OS/c20-17-9-7-14(25-17)8-10-18(24)23-11-3-4-13(12-23)19-21-15-5-1-2-6-16(15)22-19/h1-2,5-10,13H,3-4,11-12H2,(H,21,22)/b10-8+. The van der Waals surface area contributed by atoms with Crippen LogP contribution < -0.4 is 0 Å². The summed E-state index contributed by atoms with van der Waals surface area (Å²) in [6, 6.07) is 12.1. The van der Waals surface area contributed by atoms with Gasteiger partial charge in [0.25, 0.3) is 0 Å². The Bertz CT molecular complexity index is 897. The van der Waals surface area contributed by atoms with Crippen molar-refractivity contribution in [3.05, 3.63) is 57.0 Å². The molecule has 2 aromatic heterocycles. The van der Waals surface area contributed by atoms with Gasteiger partial charge in [0, 0.05) is 30.0 Å². The van der Waals surface area contributed by atoms with Crippen LogP contribution in [0, 0.1) is 0 Å². The molecule has 1 atom stereocenters. The Morgan fingerprint density at radius 3 is 3.00 bits per heavy atom. The van der Waals surface area contributed by atoms with E-state index in [1.165, 1.54) is 0 Å². The lowest BCUT2D eigenvalue weighted by atomic mass is 9.97. The van der Waals surface area contributed by atoms with Gasteiger partial charge < -0.3 is 9.88 Å². The fraction of sp³-hybridized carbons (Fsp3) is 0.263. The van der Waals surface area contributed by atoms with Crippen molar-refractivity contribution in [1.82, 2.24) is 14.9 Å². The van der Waals surface area contributed by atoms with E-state index in [4.69, 9.17) is 4.98 Å². The second-order valence-electron chi connectivity index (χ2n) is 6.24. The zero-order valence-electron chi connectivity index (χ0n) is 13.6. The number of carbonyl (C=O) groups excluding carboxylic acids is 1. The normalized spacial score (nSPS) is 18.3. The summed E-state index contributed by atoms with van der Waals surface area (Å²) in [4.78, 5) is 23.7. The second kappa shape index (κ2) is 7.14. The van der Waals surface area contributed by atoms with Crippen LogP contribution in [0.3, 0.4) is 0 Å². The molecular weight excluding hydrogens is 398 g/mol. The number of fused-ring (bicyclic) bond motifs is 1. The molecule has 1 unspecified atom stereocenters. The molecule has 4 rings (SSSR count). The smallest absolute Gasteiger partial charge is 0.246 e. The van der Waals surface area contributed by atoms with Gasteiger partial charge in [0.05, 0.1) is 14.8 Å². The quantitative estimate of drug-likeness (QED) is 0.624. The number of hydrogen-bond acceptors (Lipinski definition) is 3. The van der Waals surface area contributed by atoms with Crippen LogP contribution in [0.1, 0.15) is 29.5 Å². The van der Waals surface area contributed by atoms with Crippen LogP contribution in [-0.4, -0.2) is 33.9 Å². The Labute approximate surface area is 158 Å². The number of nitrogens with zero attached hydrogens (tertiary/aromatic N) is 2. The van der Waals surface area contributed by atoms with Crippen LogP contribution in [0.15, 0.2) is 46.3 Å². The summed E-state index contributed by atoms with van der Waals surface area (Å²) >= 11 is 5.06. The zero-order chi connectivity index (χ0) is 17.2.